The second-order valence-corrected chi connectivity index (χ2v) is 19.1. The van der Waals surface area contributed by atoms with Gasteiger partial charge in [0, 0.05) is 61.5 Å². The first-order chi connectivity index (χ1) is 25.5. The van der Waals surface area contributed by atoms with Crippen LogP contribution in [0.4, 0.5) is 11.4 Å². The summed E-state index contributed by atoms with van der Waals surface area (Å²) in [4.78, 5) is 42.1. The largest absolute Gasteiger partial charge is 0.497 e. The van der Waals surface area contributed by atoms with Gasteiger partial charge in [-0.1, -0.05) is 60.7 Å². The number of ether oxygens (including phenoxy) is 3. The Morgan fingerprint density at radius 1 is 1.02 bits per heavy atom. The molecule has 0 aliphatic carbocycles. The second kappa shape index (κ2) is 16.0. The second-order valence-electron chi connectivity index (χ2n) is 14.4. The summed E-state index contributed by atoms with van der Waals surface area (Å²) >= 11 is 0. The fourth-order valence-electron chi connectivity index (χ4n) is 8.25. The highest BCUT2D eigenvalue weighted by molar-refractivity contribution is 6.91. The van der Waals surface area contributed by atoms with Gasteiger partial charge in [-0.25, -0.2) is 0 Å². The number of amides is 2. The first kappa shape index (κ1) is 37.9. The predicted octanol–water partition coefficient (Wildman–Crippen LogP) is 5.07. The number of hydrogen-bond donors (Lipinski definition) is 2. The number of benzene rings is 3. The van der Waals surface area contributed by atoms with Crippen LogP contribution in [-0.2, 0) is 37.6 Å². The zero-order chi connectivity index (χ0) is 37.8. The van der Waals surface area contributed by atoms with Crippen LogP contribution in [0.25, 0.3) is 0 Å². The number of aryl methyl sites for hydroxylation is 1. The van der Waals surface area contributed by atoms with Crippen LogP contribution >= 0.6 is 0 Å². The van der Waals surface area contributed by atoms with Crippen LogP contribution in [0.15, 0.2) is 79.0 Å². The summed E-state index contributed by atoms with van der Waals surface area (Å²) in [6.45, 7) is 7.71. The van der Waals surface area contributed by atoms with E-state index in [4.69, 9.17) is 14.2 Å². The molecule has 1 aromatic heterocycles. The zero-order valence-corrected chi connectivity index (χ0v) is 32.1. The number of hydrogen-bond acceptors (Lipinski definition) is 9. The maximum absolute atomic E-state index is 15.1. The van der Waals surface area contributed by atoms with Gasteiger partial charge in [0.25, 0.3) is 11.8 Å². The fourth-order valence-corrected chi connectivity index (χ4v) is 12.3. The van der Waals surface area contributed by atoms with Gasteiger partial charge in [0.15, 0.2) is 5.60 Å². The number of carbonyl (C=O) groups is 3. The van der Waals surface area contributed by atoms with Crippen molar-refractivity contribution in [2.75, 3.05) is 37.6 Å². The normalized spacial score (nSPS) is 20.8. The SMILES string of the molecule is COC(=O)CCCCN1C(=O)[C@]2(O[C@H](CCn3cc(CCO)nn3)[C@@H]([Si](C)(C)c3ccc(OC)cc3)[C@@H]2C)c2cc(NC(=O)c3ccccc3)ccc21. The molecule has 53 heavy (non-hydrogen) atoms. The van der Waals surface area contributed by atoms with Crippen LogP contribution in [0, 0.1) is 5.92 Å². The third-order valence-electron chi connectivity index (χ3n) is 11.0. The molecule has 6 rings (SSSR count). The number of aliphatic hydroxyl groups is 1. The molecule has 1 saturated heterocycles. The van der Waals surface area contributed by atoms with E-state index >= 15 is 4.79 Å². The Hall–Kier alpha value is -4.85. The van der Waals surface area contributed by atoms with Gasteiger partial charge in [-0.05, 0) is 67.3 Å². The summed E-state index contributed by atoms with van der Waals surface area (Å²) in [5.41, 5.74) is 1.95. The summed E-state index contributed by atoms with van der Waals surface area (Å²) in [5.74, 6) is -0.138. The molecule has 3 heterocycles. The number of nitrogens with zero attached hydrogens (tertiary/aromatic N) is 4. The minimum absolute atomic E-state index is 0.00466. The van der Waals surface area contributed by atoms with E-state index in [2.05, 4.69) is 47.8 Å². The van der Waals surface area contributed by atoms with Crippen molar-refractivity contribution in [2.24, 2.45) is 5.92 Å². The molecule has 2 aliphatic heterocycles. The highest BCUT2D eigenvalue weighted by Crippen LogP contribution is 2.60. The molecule has 280 valence electrons. The van der Waals surface area contributed by atoms with E-state index < -0.39 is 13.7 Å². The molecule has 0 radical (unpaired) electrons. The van der Waals surface area contributed by atoms with Gasteiger partial charge < -0.3 is 29.5 Å². The average Bonchev–Trinajstić information content (AvgIpc) is 3.82. The van der Waals surface area contributed by atoms with Crippen molar-refractivity contribution in [2.45, 2.75) is 75.9 Å². The van der Waals surface area contributed by atoms with E-state index in [0.717, 1.165) is 17.0 Å². The van der Waals surface area contributed by atoms with Crippen LogP contribution in [0.3, 0.4) is 0 Å². The van der Waals surface area contributed by atoms with Gasteiger partial charge >= 0.3 is 5.97 Å². The molecular formula is C40H49N5O7Si. The Kier molecular flexibility index (Phi) is 11.5. The summed E-state index contributed by atoms with van der Waals surface area (Å²) in [6, 6.07) is 22.9. The number of anilines is 2. The molecule has 4 aromatic rings. The first-order valence-corrected chi connectivity index (χ1v) is 21.3. The standard InChI is InChI=1S/C40H49N5O7Si/c1-27-37(53(4,5)32-17-15-31(50-2)16-18-32)35(20-23-44-26-30(21-24-46)42-43-44)52-40(27)33-25-29(41-38(48)28-11-7-6-8-12-28)14-19-34(33)45(39(40)49)22-10-9-13-36(47)51-3/h6-8,11-12,14-19,25-27,35,37,46H,9-10,13,20-24H2,1-5H3,(H,41,48)/t27-,35+,37-,40+/m0/s1. The minimum Gasteiger partial charge on any atom is -0.497 e. The molecule has 2 N–H and O–H groups in total. The molecule has 4 atom stereocenters. The van der Waals surface area contributed by atoms with E-state index in [-0.39, 0.29) is 48.4 Å². The predicted molar refractivity (Wildman–Crippen MR) is 204 cm³/mol. The van der Waals surface area contributed by atoms with Crippen LogP contribution in [0.1, 0.15) is 54.2 Å². The number of methoxy groups -OCH3 is 2. The third-order valence-corrected chi connectivity index (χ3v) is 15.3. The van der Waals surface area contributed by atoms with Crippen molar-refractivity contribution in [3.63, 3.8) is 0 Å². The first-order valence-electron chi connectivity index (χ1n) is 18.3. The van der Waals surface area contributed by atoms with Gasteiger partial charge in [0.2, 0.25) is 0 Å². The Bertz CT molecular complexity index is 1920. The lowest BCUT2D eigenvalue weighted by molar-refractivity contribution is -0.146. The van der Waals surface area contributed by atoms with Crippen molar-refractivity contribution in [1.29, 1.82) is 0 Å². The molecule has 1 spiro atoms. The van der Waals surface area contributed by atoms with Crippen LogP contribution in [0.5, 0.6) is 5.75 Å². The van der Waals surface area contributed by atoms with Crippen molar-refractivity contribution < 1.29 is 33.7 Å². The number of fused-ring (bicyclic) bond motifs is 2. The number of aliphatic hydroxyl groups excluding tert-OH is 1. The maximum Gasteiger partial charge on any atom is 0.305 e. The lowest BCUT2D eigenvalue weighted by Gasteiger charge is -2.37. The van der Waals surface area contributed by atoms with Gasteiger partial charge in [-0.2, -0.15) is 0 Å². The van der Waals surface area contributed by atoms with Gasteiger partial charge in [0.05, 0.1) is 39.8 Å². The number of aromatic nitrogens is 3. The van der Waals surface area contributed by atoms with Crippen molar-refractivity contribution in [3.05, 3.63) is 95.8 Å². The zero-order valence-electron chi connectivity index (χ0n) is 31.1. The molecule has 0 bridgehead atoms. The molecule has 0 unspecified atom stereocenters. The number of carbonyl (C=O) groups excluding carboxylic acids is 3. The van der Waals surface area contributed by atoms with Crippen LogP contribution < -0.4 is 20.1 Å². The van der Waals surface area contributed by atoms with E-state index in [9.17, 15) is 14.7 Å². The molecule has 2 amide bonds. The number of rotatable bonds is 15. The minimum atomic E-state index is -2.40. The topological polar surface area (TPSA) is 145 Å². The fraction of sp³-hybridized carbons (Fsp3) is 0.425. The van der Waals surface area contributed by atoms with E-state index in [0.29, 0.717) is 55.7 Å². The summed E-state index contributed by atoms with van der Waals surface area (Å²) < 4.78 is 19.4. The van der Waals surface area contributed by atoms with Gasteiger partial charge in [0.1, 0.15) is 5.75 Å². The number of esters is 1. The lowest BCUT2D eigenvalue weighted by atomic mass is 9.82. The average molecular weight is 740 g/mol. The van der Waals surface area contributed by atoms with Crippen LogP contribution in [0.2, 0.25) is 18.6 Å². The van der Waals surface area contributed by atoms with Crippen molar-refractivity contribution in [1.82, 2.24) is 15.0 Å². The molecule has 13 heteroatoms. The summed E-state index contributed by atoms with van der Waals surface area (Å²) in [7, 11) is 0.626. The monoisotopic (exact) mass is 739 g/mol. The van der Waals surface area contributed by atoms with E-state index in [1.165, 1.54) is 12.3 Å². The molecule has 0 saturated carbocycles. The van der Waals surface area contributed by atoms with Gasteiger partial charge in [-0.15, -0.1) is 5.10 Å². The third kappa shape index (κ3) is 7.51. The van der Waals surface area contributed by atoms with E-state index in [1.807, 2.05) is 54.7 Å². The quantitative estimate of drug-likeness (QED) is 0.0970. The summed E-state index contributed by atoms with van der Waals surface area (Å²) in [6.07, 6.45) is 3.96. The molecular weight excluding hydrogens is 691 g/mol. The Labute approximate surface area is 311 Å². The van der Waals surface area contributed by atoms with Gasteiger partial charge in [-0.3, -0.25) is 19.1 Å². The molecule has 1 fully saturated rings. The molecule has 12 nitrogen and oxygen atoms in total. The number of nitrogens with one attached hydrogen (secondary N) is 1. The Morgan fingerprint density at radius 2 is 1.77 bits per heavy atom. The maximum atomic E-state index is 15.1. The molecule has 3 aromatic carbocycles. The van der Waals surface area contributed by atoms with Crippen molar-refractivity contribution >= 4 is 42.4 Å². The highest BCUT2D eigenvalue weighted by Gasteiger charge is 2.66. The Balaban J connectivity index is 1.40. The highest BCUT2D eigenvalue weighted by atomic mass is 28.3. The lowest BCUT2D eigenvalue weighted by Crippen LogP contribution is -2.52. The molecule has 2 aliphatic rings. The number of unbranched alkanes of at least 4 members (excludes halogenated alkanes) is 1. The van der Waals surface area contributed by atoms with E-state index in [1.54, 1.807) is 28.8 Å². The van der Waals surface area contributed by atoms with Crippen LogP contribution in [-0.4, -0.2) is 79.4 Å². The Morgan fingerprint density at radius 3 is 2.47 bits per heavy atom. The summed E-state index contributed by atoms with van der Waals surface area (Å²) in [5, 5.41) is 22.2. The van der Waals surface area contributed by atoms with Crippen molar-refractivity contribution in [3.8, 4) is 5.75 Å². The smallest absolute Gasteiger partial charge is 0.305 e.